The van der Waals surface area contributed by atoms with Crippen LogP contribution in [0.25, 0.3) is 0 Å². The molecule has 2 fully saturated rings. The van der Waals surface area contributed by atoms with Gasteiger partial charge in [-0.25, -0.2) is 4.98 Å². The van der Waals surface area contributed by atoms with Gasteiger partial charge in [-0.05, 0) is 31.4 Å². The van der Waals surface area contributed by atoms with E-state index in [0.717, 1.165) is 49.1 Å². The quantitative estimate of drug-likeness (QED) is 0.906. The number of likely N-dealkylation sites (tertiary alicyclic amines) is 1. The molecule has 2 bridgehead atoms. The zero-order chi connectivity index (χ0) is 13.9. The molecular weight excluding hydrogens is 274 g/mol. The SMILES string of the molecule is CCCNc1ccc(Cl)c(CN2CC3CCC(C2)O3)n1. The van der Waals surface area contributed by atoms with Crippen molar-refractivity contribution in [3.63, 3.8) is 0 Å². The van der Waals surface area contributed by atoms with Gasteiger partial charge in [-0.15, -0.1) is 0 Å². The molecule has 0 aromatic carbocycles. The third-order valence-corrected chi connectivity index (χ3v) is 4.31. The van der Waals surface area contributed by atoms with Gasteiger partial charge in [0, 0.05) is 26.2 Å². The van der Waals surface area contributed by atoms with Crippen molar-refractivity contribution >= 4 is 17.4 Å². The predicted molar refractivity (Wildman–Crippen MR) is 81.2 cm³/mol. The standard InChI is InChI=1S/C15H22ClN3O/c1-2-7-17-15-6-5-13(16)14(18-15)10-19-8-11-3-4-12(9-19)20-11/h5-6,11-12H,2-4,7-10H2,1H3,(H,17,18). The van der Waals surface area contributed by atoms with Crippen LogP contribution in [0.2, 0.25) is 5.02 Å². The van der Waals surface area contributed by atoms with Crippen molar-refractivity contribution in [2.45, 2.75) is 44.9 Å². The van der Waals surface area contributed by atoms with Crippen LogP contribution in [0.5, 0.6) is 0 Å². The van der Waals surface area contributed by atoms with Gasteiger partial charge in [0.25, 0.3) is 0 Å². The van der Waals surface area contributed by atoms with E-state index in [2.05, 4.69) is 22.1 Å². The van der Waals surface area contributed by atoms with Crippen molar-refractivity contribution in [1.29, 1.82) is 0 Å². The van der Waals surface area contributed by atoms with Gasteiger partial charge < -0.3 is 10.1 Å². The second kappa shape index (κ2) is 6.29. The highest BCUT2D eigenvalue weighted by Crippen LogP contribution is 2.28. The summed E-state index contributed by atoms with van der Waals surface area (Å²) in [5.74, 6) is 0.919. The minimum absolute atomic E-state index is 0.411. The summed E-state index contributed by atoms with van der Waals surface area (Å²) >= 11 is 6.29. The van der Waals surface area contributed by atoms with Crippen LogP contribution in [0.1, 0.15) is 31.9 Å². The predicted octanol–water partition coefficient (Wildman–Crippen LogP) is 2.92. The van der Waals surface area contributed by atoms with E-state index in [0.29, 0.717) is 12.2 Å². The number of hydrogen-bond acceptors (Lipinski definition) is 4. The minimum atomic E-state index is 0.411. The fourth-order valence-corrected chi connectivity index (χ4v) is 3.15. The van der Waals surface area contributed by atoms with E-state index in [4.69, 9.17) is 16.3 Å². The summed E-state index contributed by atoms with van der Waals surface area (Å²) in [6, 6.07) is 3.89. The van der Waals surface area contributed by atoms with Crippen molar-refractivity contribution in [1.82, 2.24) is 9.88 Å². The highest BCUT2D eigenvalue weighted by molar-refractivity contribution is 6.31. The molecule has 3 rings (SSSR count). The second-order valence-electron chi connectivity index (χ2n) is 5.70. The molecule has 20 heavy (non-hydrogen) atoms. The van der Waals surface area contributed by atoms with Crippen molar-refractivity contribution < 1.29 is 4.74 Å². The number of hydrogen-bond donors (Lipinski definition) is 1. The first-order valence-electron chi connectivity index (χ1n) is 7.51. The molecule has 2 unspecified atom stereocenters. The van der Waals surface area contributed by atoms with Gasteiger partial charge in [0.1, 0.15) is 5.82 Å². The Morgan fingerprint density at radius 1 is 1.35 bits per heavy atom. The second-order valence-corrected chi connectivity index (χ2v) is 6.11. The summed E-state index contributed by atoms with van der Waals surface area (Å²) in [7, 11) is 0. The van der Waals surface area contributed by atoms with E-state index < -0.39 is 0 Å². The topological polar surface area (TPSA) is 37.4 Å². The maximum Gasteiger partial charge on any atom is 0.126 e. The Morgan fingerprint density at radius 2 is 2.10 bits per heavy atom. The molecule has 0 radical (unpaired) electrons. The van der Waals surface area contributed by atoms with E-state index in [9.17, 15) is 0 Å². The first-order valence-corrected chi connectivity index (χ1v) is 7.89. The zero-order valence-electron chi connectivity index (χ0n) is 11.9. The lowest BCUT2D eigenvalue weighted by atomic mass is 10.2. The van der Waals surface area contributed by atoms with Crippen molar-refractivity contribution in [2.24, 2.45) is 0 Å². The summed E-state index contributed by atoms with van der Waals surface area (Å²) < 4.78 is 5.86. The summed E-state index contributed by atoms with van der Waals surface area (Å²) in [6.45, 7) is 5.90. The van der Waals surface area contributed by atoms with Crippen LogP contribution in [0.4, 0.5) is 5.82 Å². The van der Waals surface area contributed by atoms with E-state index in [1.807, 2.05) is 12.1 Å². The van der Waals surface area contributed by atoms with Crippen LogP contribution in [0.3, 0.4) is 0 Å². The molecule has 1 aromatic rings. The fourth-order valence-electron chi connectivity index (χ4n) is 2.99. The van der Waals surface area contributed by atoms with Crippen LogP contribution >= 0.6 is 11.6 Å². The Bertz CT molecular complexity index is 456. The number of morpholine rings is 1. The van der Waals surface area contributed by atoms with E-state index in [1.54, 1.807) is 0 Å². The zero-order valence-corrected chi connectivity index (χ0v) is 12.7. The Balaban J connectivity index is 1.66. The number of rotatable bonds is 5. The number of ether oxygens (including phenoxy) is 1. The molecule has 0 spiro atoms. The normalized spacial score (nSPS) is 25.9. The number of nitrogens with one attached hydrogen (secondary N) is 1. The number of anilines is 1. The van der Waals surface area contributed by atoms with Crippen LogP contribution in [-0.4, -0.2) is 41.7 Å². The maximum atomic E-state index is 6.29. The van der Waals surface area contributed by atoms with Crippen molar-refractivity contribution in [3.8, 4) is 0 Å². The first kappa shape index (κ1) is 14.1. The molecule has 0 saturated carbocycles. The molecule has 110 valence electrons. The maximum absolute atomic E-state index is 6.29. The van der Waals surface area contributed by atoms with Crippen molar-refractivity contribution in [2.75, 3.05) is 25.0 Å². The Morgan fingerprint density at radius 3 is 2.80 bits per heavy atom. The van der Waals surface area contributed by atoms with Gasteiger partial charge in [-0.1, -0.05) is 18.5 Å². The van der Waals surface area contributed by atoms with Crippen molar-refractivity contribution in [3.05, 3.63) is 22.8 Å². The number of halogens is 1. The van der Waals surface area contributed by atoms with E-state index >= 15 is 0 Å². The summed E-state index contributed by atoms with van der Waals surface area (Å²) in [6.07, 6.45) is 4.30. The minimum Gasteiger partial charge on any atom is -0.372 e. The van der Waals surface area contributed by atoms with Crippen LogP contribution in [-0.2, 0) is 11.3 Å². The lowest BCUT2D eigenvalue weighted by molar-refractivity contribution is -0.0413. The number of nitrogens with zero attached hydrogens (tertiary/aromatic N) is 2. The number of aromatic nitrogens is 1. The van der Waals surface area contributed by atoms with Crippen LogP contribution in [0.15, 0.2) is 12.1 Å². The Hall–Kier alpha value is -0.840. The van der Waals surface area contributed by atoms with E-state index in [-0.39, 0.29) is 0 Å². The molecule has 3 heterocycles. The van der Waals surface area contributed by atoms with E-state index in [1.165, 1.54) is 12.8 Å². The smallest absolute Gasteiger partial charge is 0.126 e. The molecular formula is C15H22ClN3O. The molecule has 1 N–H and O–H groups in total. The number of fused-ring (bicyclic) bond motifs is 2. The van der Waals surface area contributed by atoms with Gasteiger partial charge in [0.2, 0.25) is 0 Å². The average Bonchev–Trinajstić information content (AvgIpc) is 2.79. The molecule has 4 nitrogen and oxygen atoms in total. The molecule has 0 aliphatic carbocycles. The van der Waals surface area contributed by atoms with Gasteiger partial charge in [-0.2, -0.15) is 0 Å². The summed E-state index contributed by atoms with van der Waals surface area (Å²) in [5.41, 5.74) is 0.967. The monoisotopic (exact) mass is 295 g/mol. The van der Waals surface area contributed by atoms with Crippen LogP contribution < -0.4 is 5.32 Å². The van der Waals surface area contributed by atoms with Crippen LogP contribution in [0, 0.1) is 0 Å². The largest absolute Gasteiger partial charge is 0.372 e. The van der Waals surface area contributed by atoms with Gasteiger partial charge in [0.05, 0.1) is 22.9 Å². The molecule has 1 aromatic heterocycles. The summed E-state index contributed by atoms with van der Waals surface area (Å²) in [5, 5.41) is 4.07. The van der Waals surface area contributed by atoms with Gasteiger partial charge >= 0.3 is 0 Å². The highest BCUT2D eigenvalue weighted by atomic mass is 35.5. The molecule has 2 saturated heterocycles. The Kier molecular flexibility index (Phi) is 4.44. The molecule has 2 atom stereocenters. The summed E-state index contributed by atoms with van der Waals surface area (Å²) in [4.78, 5) is 7.07. The molecule has 0 amide bonds. The van der Waals surface area contributed by atoms with Gasteiger partial charge in [-0.3, -0.25) is 4.90 Å². The Labute approximate surface area is 125 Å². The highest BCUT2D eigenvalue weighted by Gasteiger charge is 2.33. The lowest BCUT2D eigenvalue weighted by Crippen LogP contribution is -2.42. The van der Waals surface area contributed by atoms with Gasteiger partial charge in [0.15, 0.2) is 0 Å². The fraction of sp³-hybridized carbons (Fsp3) is 0.667. The third kappa shape index (κ3) is 3.25. The number of pyridine rings is 1. The first-order chi connectivity index (χ1) is 9.74. The lowest BCUT2D eigenvalue weighted by Gasteiger charge is -2.31. The molecule has 2 aliphatic heterocycles. The average molecular weight is 296 g/mol. The molecule has 2 aliphatic rings. The molecule has 5 heteroatoms. The third-order valence-electron chi connectivity index (χ3n) is 3.97.